The summed E-state index contributed by atoms with van der Waals surface area (Å²) in [6, 6.07) is 9.71. The maximum atomic E-state index is 13.1. The first-order valence-corrected chi connectivity index (χ1v) is 9.33. The molecule has 1 saturated heterocycles. The summed E-state index contributed by atoms with van der Waals surface area (Å²) in [5.41, 5.74) is 1.12. The average molecular weight is 415 g/mol. The Hall–Kier alpha value is -1.97. The van der Waals surface area contributed by atoms with Crippen LogP contribution in [-0.4, -0.2) is 40.8 Å². The van der Waals surface area contributed by atoms with E-state index in [4.69, 9.17) is 16.2 Å². The molecule has 2 aromatic carbocycles. The van der Waals surface area contributed by atoms with Crippen molar-refractivity contribution in [2.24, 2.45) is 0 Å². The van der Waals surface area contributed by atoms with E-state index in [2.05, 4.69) is 14.6 Å². The van der Waals surface area contributed by atoms with Crippen LogP contribution in [0.25, 0.3) is 11.0 Å². The Kier molecular flexibility index (Phi) is 4.92. The van der Waals surface area contributed by atoms with Gasteiger partial charge in [-0.1, -0.05) is 17.7 Å². The van der Waals surface area contributed by atoms with Crippen molar-refractivity contribution in [2.45, 2.75) is 11.1 Å². The van der Waals surface area contributed by atoms with E-state index in [0.29, 0.717) is 42.9 Å². The van der Waals surface area contributed by atoms with Crippen molar-refractivity contribution < 1.29 is 17.8 Å². The summed E-state index contributed by atoms with van der Waals surface area (Å²) in [4.78, 5) is 2.87. The molecular formula is C17H14ClF3N4OS. The van der Waals surface area contributed by atoms with Crippen LogP contribution in [-0.2, 0) is 6.18 Å². The van der Waals surface area contributed by atoms with Gasteiger partial charge in [-0.05, 0) is 52.6 Å². The van der Waals surface area contributed by atoms with E-state index in [-0.39, 0.29) is 5.02 Å². The Bertz CT molecular complexity index is 957. The Morgan fingerprint density at radius 3 is 2.56 bits per heavy atom. The molecule has 2 heterocycles. The van der Waals surface area contributed by atoms with Crippen LogP contribution in [0.5, 0.6) is 0 Å². The lowest BCUT2D eigenvalue weighted by Crippen LogP contribution is -2.43. The Labute approximate surface area is 162 Å². The van der Waals surface area contributed by atoms with Gasteiger partial charge in [-0.3, -0.25) is 0 Å². The highest BCUT2D eigenvalue weighted by Gasteiger charge is 2.34. The summed E-state index contributed by atoms with van der Waals surface area (Å²) in [5, 5.41) is 7.47. The number of hydrogen-bond donors (Lipinski definition) is 0. The molecule has 1 aromatic heterocycles. The highest BCUT2D eigenvalue weighted by atomic mass is 35.5. The number of alkyl halides is 3. The van der Waals surface area contributed by atoms with Crippen molar-refractivity contribution in [3.8, 4) is 0 Å². The highest BCUT2D eigenvalue weighted by Crippen LogP contribution is 2.37. The SMILES string of the molecule is FC(F)(F)c1cc(N2CCN(Sc3cccc4nonc34)CC2)ccc1Cl. The molecule has 0 amide bonds. The van der Waals surface area contributed by atoms with Crippen LogP contribution in [0.15, 0.2) is 45.9 Å². The molecule has 0 atom stereocenters. The Morgan fingerprint density at radius 2 is 1.81 bits per heavy atom. The molecule has 3 aromatic rings. The third-order valence-electron chi connectivity index (χ3n) is 4.34. The lowest BCUT2D eigenvalue weighted by Gasteiger charge is -2.35. The predicted octanol–water partition coefficient (Wildman–Crippen LogP) is 4.72. The average Bonchev–Trinajstić information content (AvgIpc) is 3.12. The number of aromatic nitrogens is 2. The minimum atomic E-state index is -4.46. The van der Waals surface area contributed by atoms with Crippen molar-refractivity contribution in [1.82, 2.24) is 14.6 Å². The quantitative estimate of drug-likeness (QED) is 0.578. The van der Waals surface area contributed by atoms with Crippen molar-refractivity contribution in [2.75, 3.05) is 31.1 Å². The van der Waals surface area contributed by atoms with Crippen LogP contribution in [0.2, 0.25) is 5.02 Å². The van der Waals surface area contributed by atoms with E-state index >= 15 is 0 Å². The number of rotatable bonds is 3. The molecule has 1 aliphatic rings. The molecule has 10 heteroatoms. The molecule has 0 bridgehead atoms. The van der Waals surface area contributed by atoms with E-state index in [1.54, 1.807) is 18.0 Å². The third-order valence-corrected chi connectivity index (χ3v) is 5.81. The van der Waals surface area contributed by atoms with Crippen molar-refractivity contribution >= 4 is 40.3 Å². The summed E-state index contributed by atoms with van der Waals surface area (Å²) in [6.45, 7) is 2.60. The zero-order valence-corrected chi connectivity index (χ0v) is 15.5. The van der Waals surface area contributed by atoms with Gasteiger partial charge < -0.3 is 4.90 Å². The fourth-order valence-corrected chi connectivity index (χ4v) is 4.18. The van der Waals surface area contributed by atoms with Crippen LogP contribution in [0.3, 0.4) is 0 Å². The number of fused-ring (bicyclic) bond motifs is 1. The minimum absolute atomic E-state index is 0.283. The topological polar surface area (TPSA) is 45.4 Å². The van der Waals surface area contributed by atoms with Gasteiger partial charge in [-0.25, -0.2) is 8.93 Å². The van der Waals surface area contributed by atoms with Crippen LogP contribution < -0.4 is 4.90 Å². The molecule has 0 spiro atoms. The first-order chi connectivity index (χ1) is 12.9. The van der Waals surface area contributed by atoms with E-state index in [1.165, 1.54) is 6.07 Å². The molecule has 0 aliphatic carbocycles. The first kappa shape index (κ1) is 18.4. The number of piperazine rings is 1. The standard InChI is InChI=1S/C17H14ClF3N4OS/c18-13-5-4-11(10-12(13)17(19,20)21)24-6-8-25(9-7-24)27-15-3-1-2-14-16(15)23-26-22-14/h1-5,10H,6-9H2. The van der Waals surface area contributed by atoms with Gasteiger partial charge in [0, 0.05) is 31.9 Å². The fourth-order valence-electron chi connectivity index (χ4n) is 2.96. The molecule has 1 fully saturated rings. The Morgan fingerprint density at radius 1 is 1.04 bits per heavy atom. The zero-order valence-electron chi connectivity index (χ0n) is 13.9. The van der Waals surface area contributed by atoms with Crippen LogP contribution in [0.1, 0.15) is 5.56 Å². The maximum absolute atomic E-state index is 13.1. The van der Waals surface area contributed by atoms with Crippen LogP contribution >= 0.6 is 23.5 Å². The summed E-state index contributed by atoms with van der Waals surface area (Å²) < 4.78 is 46.1. The van der Waals surface area contributed by atoms with Gasteiger partial charge in [0.05, 0.1) is 15.5 Å². The summed E-state index contributed by atoms with van der Waals surface area (Å²) in [7, 11) is 0. The number of halogens is 4. The first-order valence-electron chi connectivity index (χ1n) is 8.18. The number of hydrogen-bond acceptors (Lipinski definition) is 6. The molecule has 27 heavy (non-hydrogen) atoms. The molecule has 0 radical (unpaired) electrons. The molecule has 0 saturated carbocycles. The second kappa shape index (κ2) is 7.21. The van der Waals surface area contributed by atoms with E-state index in [0.717, 1.165) is 11.0 Å². The molecule has 0 N–H and O–H groups in total. The lowest BCUT2D eigenvalue weighted by atomic mass is 10.1. The zero-order chi connectivity index (χ0) is 19.0. The predicted molar refractivity (Wildman–Crippen MR) is 97.9 cm³/mol. The summed E-state index contributed by atoms with van der Waals surface area (Å²) in [5.74, 6) is 0. The minimum Gasteiger partial charge on any atom is -0.369 e. The van der Waals surface area contributed by atoms with Gasteiger partial charge in [0.15, 0.2) is 0 Å². The largest absolute Gasteiger partial charge is 0.417 e. The van der Waals surface area contributed by atoms with Gasteiger partial charge in [0.2, 0.25) is 0 Å². The van der Waals surface area contributed by atoms with Crippen molar-refractivity contribution in [3.05, 3.63) is 47.0 Å². The fraction of sp³-hybridized carbons (Fsp3) is 0.294. The van der Waals surface area contributed by atoms with Gasteiger partial charge >= 0.3 is 6.18 Å². The third kappa shape index (κ3) is 3.85. The lowest BCUT2D eigenvalue weighted by molar-refractivity contribution is -0.137. The number of anilines is 1. The number of nitrogens with zero attached hydrogens (tertiary/aromatic N) is 4. The molecule has 0 unspecified atom stereocenters. The molecule has 142 valence electrons. The molecule has 5 nitrogen and oxygen atoms in total. The second-order valence-corrected chi connectivity index (χ2v) is 7.60. The van der Waals surface area contributed by atoms with Gasteiger partial charge in [0.25, 0.3) is 0 Å². The van der Waals surface area contributed by atoms with E-state index in [1.807, 2.05) is 23.1 Å². The van der Waals surface area contributed by atoms with Crippen LogP contribution in [0.4, 0.5) is 18.9 Å². The second-order valence-electron chi connectivity index (χ2n) is 6.06. The Balaban J connectivity index is 1.44. The molecular weight excluding hydrogens is 401 g/mol. The smallest absolute Gasteiger partial charge is 0.369 e. The van der Waals surface area contributed by atoms with Crippen molar-refractivity contribution in [1.29, 1.82) is 0 Å². The van der Waals surface area contributed by atoms with Crippen LogP contribution in [0, 0.1) is 0 Å². The van der Waals surface area contributed by atoms with E-state index < -0.39 is 11.7 Å². The van der Waals surface area contributed by atoms with E-state index in [9.17, 15) is 13.2 Å². The van der Waals surface area contributed by atoms with Gasteiger partial charge in [0.1, 0.15) is 11.0 Å². The maximum Gasteiger partial charge on any atom is 0.417 e. The summed E-state index contributed by atoms with van der Waals surface area (Å²) in [6.07, 6.45) is -4.46. The molecule has 1 aliphatic heterocycles. The normalized spacial score (nSPS) is 16.2. The highest BCUT2D eigenvalue weighted by molar-refractivity contribution is 7.97. The number of benzene rings is 2. The summed E-state index contributed by atoms with van der Waals surface area (Å²) >= 11 is 7.25. The monoisotopic (exact) mass is 414 g/mol. The van der Waals surface area contributed by atoms with Gasteiger partial charge in [-0.15, -0.1) is 0 Å². The van der Waals surface area contributed by atoms with Gasteiger partial charge in [-0.2, -0.15) is 13.2 Å². The molecule has 4 rings (SSSR count). The van der Waals surface area contributed by atoms with Crippen molar-refractivity contribution in [3.63, 3.8) is 0 Å².